The number of aromatic nitrogens is 1. The topological polar surface area (TPSA) is 72.4 Å². The van der Waals surface area contributed by atoms with Crippen molar-refractivity contribution in [3.05, 3.63) is 40.2 Å². The normalized spacial score (nSPS) is 10.4. The Morgan fingerprint density at radius 2 is 2.22 bits per heavy atom. The first-order valence-corrected chi connectivity index (χ1v) is 6.04. The maximum Gasteiger partial charge on any atom is 0.263 e. The van der Waals surface area contributed by atoms with Crippen molar-refractivity contribution in [1.29, 1.82) is 0 Å². The molecule has 0 saturated heterocycles. The minimum Gasteiger partial charge on any atom is -0.397 e. The summed E-state index contributed by atoms with van der Waals surface area (Å²) in [6.07, 6.45) is 1.41. The van der Waals surface area contributed by atoms with Crippen LogP contribution in [0.2, 0.25) is 0 Å². The number of nitrogens with two attached hydrogens (primary N) is 1. The summed E-state index contributed by atoms with van der Waals surface area (Å²) < 4.78 is 5.75. The monoisotopic (exact) mass is 309 g/mol. The fourth-order valence-electron chi connectivity index (χ4n) is 1.62. The van der Waals surface area contributed by atoms with Crippen molar-refractivity contribution in [3.8, 4) is 0 Å². The molecule has 2 N–H and O–H groups in total. The van der Waals surface area contributed by atoms with Gasteiger partial charge in [0.25, 0.3) is 5.91 Å². The fourth-order valence-corrected chi connectivity index (χ4v) is 2.00. The maximum absolute atomic E-state index is 12.2. The van der Waals surface area contributed by atoms with Crippen LogP contribution in [0.5, 0.6) is 0 Å². The van der Waals surface area contributed by atoms with Gasteiger partial charge in [-0.05, 0) is 25.1 Å². The molecule has 0 fully saturated rings. The Balaban J connectivity index is 2.34. The molecule has 2 aromatic rings. The van der Waals surface area contributed by atoms with Crippen molar-refractivity contribution in [1.82, 2.24) is 5.16 Å². The second kappa shape index (κ2) is 4.81. The van der Waals surface area contributed by atoms with Crippen LogP contribution in [-0.4, -0.2) is 18.1 Å². The molecule has 5 nitrogen and oxygen atoms in total. The SMILES string of the molecule is Cc1oncc1C(=O)N(C)c1ccc(Br)cc1N. The van der Waals surface area contributed by atoms with E-state index in [0.29, 0.717) is 22.7 Å². The second-order valence-electron chi connectivity index (χ2n) is 3.86. The molecule has 94 valence electrons. The Morgan fingerprint density at radius 3 is 2.78 bits per heavy atom. The van der Waals surface area contributed by atoms with Crippen LogP contribution in [0.15, 0.2) is 33.4 Å². The van der Waals surface area contributed by atoms with Crippen molar-refractivity contribution in [2.75, 3.05) is 17.7 Å². The minimum atomic E-state index is -0.206. The summed E-state index contributed by atoms with van der Waals surface area (Å²) in [6, 6.07) is 5.36. The van der Waals surface area contributed by atoms with Crippen LogP contribution in [0, 0.1) is 6.92 Å². The molecule has 0 aliphatic carbocycles. The van der Waals surface area contributed by atoms with E-state index < -0.39 is 0 Å². The van der Waals surface area contributed by atoms with Crippen molar-refractivity contribution in [2.45, 2.75) is 6.92 Å². The number of rotatable bonds is 2. The zero-order chi connectivity index (χ0) is 13.3. The molecule has 2 rings (SSSR count). The number of carbonyl (C=O) groups excluding carboxylic acids is 1. The fraction of sp³-hybridized carbons (Fsp3) is 0.167. The molecule has 0 atom stereocenters. The molecule has 0 bridgehead atoms. The van der Waals surface area contributed by atoms with Gasteiger partial charge in [0.15, 0.2) is 0 Å². The van der Waals surface area contributed by atoms with E-state index in [4.69, 9.17) is 10.3 Å². The second-order valence-corrected chi connectivity index (χ2v) is 4.78. The first-order chi connectivity index (χ1) is 8.50. The van der Waals surface area contributed by atoms with Gasteiger partial charge in [-0.1, -0.05) is 21.1 Å². The molecule has 0 radical (unpaired) electrons. The molecular weight excluding hydrogens is 298 g/mol. The quantitative estimate of drug-likeness (QED) is 0.865. The zero-order valence-corrected chi connectivity index (χ0v) is 11.6. The molecule has 6 heteroatoms. The van der Waals surface area contributed by atoms with Gasteiger partial charge in [-0.25, -0.2) is 0 Å². The van der Waals surface area contributed by atoms with E-state index in [0.717, 1.165) is 4.47 Å². The van der Waals surface area contributed by atoms with Gasteiger partial charge in [-0.15, -0.1) is 0 Å². The summed E-state index contributed by atoms with van der Waals surface area (Å²) in [7, 11) is 1.66. The molecule has 18 heavy (non-hydrogen) atoms. The summed E-state index contributed by atoms with van der Waals surface area (Å²) in [6.45, 7) is 1.69. The lowest BCUT2D eigenvalue weighted by Gasteiger charge is -2.18. The highest BCUT2D eigenvalue weighted by molar-refractivity contribution is 9.10. The van der Waals surface area contributed by atoms with Gasteiger partial charge in [0, 0.05) is 11.5 Å². The Hall–Kier alpha value is -1.82. The summed E-state index contributed by atoms with van der Waals surface area (Å²) in [5, 5.41) is 3.59. The molecule has 0 aliphatic rings. The highest BCUT2D eigenvalue weighted by Gasteiger charge is 2.19. The first kappa shape index (κ1) is 12.6. The molecule has 1 heterocycles. The highest BCUT2D eigenvalue weighted by atomic mass is 79.9. The van der Waals surface area contributed by atoms with Crippen LogP contribution in [0.25, 0.3) is 0 Å². The molecule has 1 aromatic carbocycles. The summed E-state index contributed by atoms with van der Waals surface area (Å²) in [5.41, 5.74) is 7.48. The number of nitrogens with zero attached hydrogens (tertiary/aromatic N) is 2. The van der Waals surface area contributed by atoms with E-state index in [2.05, 4.69) is 21.1 Å². The average Bonchev–Trinajstić information content (AvgIpc) is 2.74. The van der Waals surface area contributed by atoms with E-state index in [1.807, 2.05) is 6.07 Å². The van der Waals surface area contributed by atoms with Crippen LogP contribution in [0.3, 0.4) is 0 Å². The van der Waals surface area contributed by atoms with Crippen LogP contribution >= 0.6 is 15.9 Å². The lowest BCUT2D eigenvalue weighted by atomic mass is 10.2. The predicted molar refractivity (Wildman–Crippen MR) is 72.5 cm³/mol. The Labute approximate surface area is 113 Å². The van der Waals surface area contributed by atoms with Gasteiger partial charge < -0.3 is 15.2 Å². The van der Waals surface area contributed by atoms with Crippen LogP contribution < -0.4 is 10.6 Å². The minimum absolute atomic E-state index is 0.206. The molecule has 0 saturated carbocycles. The lowest BCUT2D eigenvalue weighted by Crippen LogP contribution is -2.27. The van der Waals surface area contributed by atoms with Gasteiger partial charge in [0.05, 0.1) is 17.6 Å². The molecule has 0 unspecified atom stereocenters. The summed E-state index contributed by atoms with van der Waals surface area (Å²) in [5.74, 6) is 0.283. The number of hydrogen-bond acceptors (Lipinski definition) is 4. The Bertz CT molecular complexity index is 595. The molecule has 1 amide bonds. The number of halogens is 1. The van der Waals surface area contributed by atoms with E-state index in [1.165, 1.54) is 11.1 Å². The van der Waals surface area contributed by atoms with Gasteiger partial charge in [0.1, 0.15) is 11.3 Å². The average molecular weight is 310 g/mol. The number of nitrogen functional groups attached to an aromatic ring is 1. The number of benzene rings is 1. The van der Waals surface area contributed by atoms with Gasteiger partial charge in [-0.2, -0.15) is 0 Å². The maximum atomic E-state index is 12.2. The predicted octanol–water partition coefficient (Wildman–Crippen LogP) is 2.60. The lowest BCUT2D eigenvalue weighted by molar-refractivity contribution is 0.0991. The number of aryl methyl sites for hydroxylation is 1. The third-order valence-electron chi connectivity index (χ3n) is 2.64. The smallest absolute Gasteiger partial charge is 0.263 e. The Kier molecular flexibility index (Phi) is 3.38. The first-order valence-electron chi connectivity index (χ1n) is 5.25. The molecular formula is C12H12BrN3O2. The van der Waals surface area contributed by atoms with Crippen molar-refractivity contribution < 1.29 is 9.32 Å². The molecule has 0 spiro atoms. The number of carbonyl (C=O) groups is 1. The third kappa shape index (κ3) is 2.24. The summed E-state index contributed by atoms with van der Waals surface area (Å²) >= 11 is 3.32. The standard InChI is InChI=1S/C12H12BrN3O2/c1-7-9(6-15-18-7)12(17)16(2)11-4-3-8(13)5-10(11)14/h3-6H,14H2,1-2H3. The van der Waals surface area contributed by atoms with E-state index in [-0.39, 0.29) is 5.91 Å². The molecule has 1 aromatic heterocycles. The van der Waals surface area contributed by atoms with Gasteiger partial charge in [-0.3, -0.25) is 4.79 Å². The number of amides is 1. The van der Waals surface area contributed by atoms with Crippen molar-refractivity contribution in [3.63, 3.8) is 0 Å². The highest BCUT2D eigenvalue weighted by Crippen LogP contribution is 2.27. The third-order valence-corrected chi connectivity index (χ3v) is 3.13. The largest absolute Gasteiger partial charge is 0.397 e. The van der Waals surface area contributed by atoms with Crippen LogP contribution in [-0.2, 0) is 0 Å². The molecule has 0 aliphatic heterocycles. The van der Waals surface area contributed by atoms with Crippen molar-refractivity contribution >= 4 is 33.2 Å². The Morgan fingerprint density at radius 1 is 1.50 bits per heavy atom. The zero-order valence-electron chi connectivity index (χ0n) is 9.98. The number of anilines is 2. The van der Waals surface area contributed by atoms with E-state index in [9.17, 15) is 4.79 Å². The number of hydrogen-bond donors (Lipinski definition) is 1. The summed E-state index contributed by atoms with van der Waals surface area (Å²) in [4.78, 5) is 13.7. The van der Waals surface area contributed by atoms with E-state index >= 15 is 0 Å². The van der Waals surface area contributed by atoms with Gasteiger partial charge in [0.2, 0.25) is 0 Å². The van der Waals surface area contributed by atoms with Crippen LogP contribution in [0.4, 0.5) is 11.4 Å². The van der Waals surface area contributed by atoms with Crippen molar-refractivity contribution in [2.24, 2.45) is 0 Å². The van der Waals surface area contributed by atoms with Gasteiger partial charge >= 0.3 is 0 Å². The van der Waals surface area contributed by atoms with Crippen LogP contribution in [0.1, 0.15) is 16.1 Å². The van der Waals surface area contributed by atoms with E-state index in [1.54, 1.807) is 26.1 Å².